The molecule has 172 valence electrons. The average Bonchev–Trinajstić information content (AvgIpc) is 3.14. The van der Waals surface area contributed by atoms with Crippen molar-refractivity contribution in [1.82, 2.24) is 9.97 Å². The van der Waals surface area contributed by atoms with Gasteiger partial charge in [-0.05, 0) is 67.9 Å². The van der Waals surface area contributed by atoms with Crippen molar-refractivity contribution in [2.45, 2.75) is 26.2 Å². The van der Waals surface area contributed by atoms with Gasteiger partial charge in [-0.15, -0.1) is 0 Å². The first-order valence-corrected chi connectivity index (χ1v) is 12.5. The second kappa shape index (κ2) is 7.60. The van der Waals surface area contributed by atoms with Crippen molar-refractivity contribution in [1.29, 1.82) is 0 Å². The fraction of sp³-hybridized carbons (Fsp3) is 0.118. The largest absolute Gasteiger partial charge is 0.261 e. The van der Waals surface area contributed by atoms with Crippen LogP contribution >= 0.6 is 0 Å². The minimum Gasteiger partial charge on any atom is -0.261 e. The van der Waals surface area contributed by atoms with Crippen molar-refractivity contribution >= 4 is 21.5 Å². The van der Waals surface area contributed by atoms with Crippen LogP contribution in [0.5, 0.6) is 0 Å². The van der Waals surface area contributed by atoms with E-state index in [9.17, 15) is 0 Å². The fourth-order valence-corrected chi connectivity index (χ4v) is 6.17. The summed E-state index contributed by atoms with van der Waals surface area (Å²) in [4.78, 5) is 9.09. The van der Waals surface area contributed by atoms with E-state index in [0.717, 1.165) is 11.3 Å². The Bertz CT molecular complexity index is 1810. The molecule has 1 aliphatic carbocycles. The molecule has 0 atom stereocenters. The van der Waals surface area contributed by atoms with Crippen LogP contribution in [0.15, 0.2) is 104 Å². The molecular weight excluding hydrogens is 436 g/mol. The quantitative estimate of drug-likeness (QED) is 0.240. The standard InChI is InChI=1S/C34H26N2/c1-21-12-14-27-28(18-21)32(25-9-4-5-10-26(25)33(27)31-20-35-16-17-36-31)22-13-15-24-23-8-6-7-11-29(23)34(2,3)30(24)19-22/h4-20H,1-3H3. The second-order valence-electron chi connectivity index (χ2n) is 10.4. The molecule has 0 unspecified atom stereocenters. The third-order valence-corrected chi connectivity index (χ3v) is 7.87. The molecule has 1 aliphatic rings. The smallest absolute Gasteiger partial charge is 0.0897 e. The Morgan fingerprint density at radius 2 is 1.33 bits per heavy atom. The van der Waals surface area contributed by atoms with Crippen molar-refractivity contribution in [2.24, 2.45) is 0 Å². The van der Waals surface area contributed by atoms with Crippen LogP contribution in [0.4, 0.5) is 0 Å². The number of aromatic nitrogens is 2. The van der Waals surface area contributed by atoms with E-state index in [4.69, 9.17) is 4.98 Å². The minimum atomic E-state index is -0.0387. The lowest BCUT2D eigenvalue weighted by Crippen LogP contribution is -2.14. The molecule has 1 heterocycles. The van der Waals surface area contributed by atoms with Crippen LogP contribution in [0.1, 0.15) is 30.5 Å². The van der Waals surface area contributed by atoms with Crippen LogP contribution in [0.25, 0.3) is 55.1 Å². The highest BCUT2D eigenvalue weighted by Gasteiger charge is 2.35. The number of fused-ring (bicyclic) bond motifs is 5. The van der Waals surface area contributed by atoms with E-state index in [2.05, 4.69) is 111 Å². The van der Waals surface area contributed by atoms with Crippen molar-refractivity contribution < 1.29 is 0 Å². The van der Waals surface area contributed by atoms with E-state index in [1.54, 1.807) is 12.4 Å². The monoisotopic (exact) mass is 462 g/mol. The number of rotatable bonds is 2. The van der Waals surface area contributed by atoms with E-state index in [-0.39, 0.29) is 5.41 Å². The summed E-state index contributed by atoms with van der Waals surface area (Å²) in [5, 5.41) is 4.90. The Labute approximate surface area is 211 Å². The van der Waals surface area contributed by atoms with Gasteiger partial charge in [-0.25, -0.2) is 0 Å². The first kappa shape index (κ1) is 21.0. The fourth-order valence-electron chi connectivity index (χ4n) is 6.17. The van der Waals surface area contributed by atoms with Crippen LogP contribution in [-0.2, 0) is 5.41 Å². The van der Waals surface area contributed by atoms with Gasteiger partial charge in [0, 0.05) is 23.4 Å². The van der Waals surface area contributed by atoms with Gasteiger partial charge in [0.05, 0.1) is 11.9 Å². The summed E-state index contributed by atoms with van der Waals surface area (Å²) in [5.41, 5.74) is 11.3. The van der Waals surface area contributed by atoms with Gasteiger partial charge in [0.15, 0.2) is 0 Å². The number of aryl methyl sites for hydroxylation is 1. The maximum Gasteiger partial charge on any atom is 0.0897 e. The highest BCUT2D eigenvalue weighted by atomic mass is 14.8. The summed E-state index contributed by atoms with van der Waals surface area (Å²) in [6.07, 6.45) is 5.38. The van der Waals surface area contributed by atoms with Crippen molar-refractivity contribution in [3.05, 3.63) is 120 Å². The van der Waals surface area contributed by atoms with Crippen molar-refractivity contribution in [3.63, 3.8) is 0 Å². The summed E-state index contributed by atoms with van der Waals surface area (Å²) < 4.78 is 0. The highest BCUT2D eigenvalue weighted by Crippen LogP contribution is 2.51. The third-order valence-electron chi connectivity index (χ3n) is 7.87. The Hall–Kier alpha value is -4.30. The van der Waals surface area contributed by atoms with E-state index < -0.39 is 0 Å². The molecular formula is C34H26N2. The lowest BCUT2D eigenvalue weighted by molar-refractivity contribution is 0.660. The normalized spacial score (nSPS) is 13.6. The third kappa shape index (κ3) is 2.91. The number of hydrogen-bond donors (Lipinski definition) is 0. The van der Waals surface area contributed by atoms with Gasteiger partial charge in [-0.1, -0.05) is 98.3 Å². The zero-order chi connectivity index (χ0) is 24.4. The first-order valence-electron chi connectivity index (χ1n) is 12.5. The van der Waals surface area contributed by atoms with Gasteiger partial charge in [-0.3, -0.25) is 9.97 Å². The molecule has 0 saturated heterocycles. The summed E-state index contributed by atoms with van der Waals surface area (Å²) in [6, 6.07) is 31.4. The lowest BCUT2D eigenvalue weighted by Gasteiger charge is -2.23. The Morgan fingerprint density at radius 3 is 2.14 bits per heavy atom. The van der Waals surface area contributed by atoms with Gasteiger partial charge in [0.2, 0.25) is 0 Å². The van der Waals surface area contributed by atoms with Gasteiger partial charge >= 0.3 is 0 Å². The molecule has 0 bridgehead atoms. The molecule has 0 aliphatic heterocycles. The molecule has 0 N–H and O–H groups in total. The maximum atomic E-state index is 4.70. The predicted octanol–water partition coefficient (Wildman–Crippen LogP) is 8.73. The Kier molecular flexibility index (Phi) is 4.44. The molecule has 7 rings (SSSR count). The zero-order valence-electron chi connectivity index (χ0n) is 20.7. The van der Waals surface area contributed by atoms with Crippen LogP contribution in [0.2, 0.25) is 0 Å². The van der Waals surface area contributed by atoms with Crippen LogP contribution in [-0.4, -0.2) is 9.97 Å². The summed E-state index contributed by atoms with van der Waals surface area (Å²) in [6.45, 7) is 6.86. The predicted molar refractivity (Wildman–Crippen MR) is 150 cm³/mol. The Balaban J connectivity index is 1.59. The van der Waals surface area contributed by atoms with Crippen molar-refractivity contribution in [2.75, 3.05) is 0 Å². The maximum absolute atomic E-state index is 4.70. The highest BCUT2D eigenvalue weighted by molar-refractivity contribution is 6.21. The van der Waals surface area contributed by atoms with Crippen LogP contribution in [0, 0.1) is 6.92 Å². The van der Waals surface area contributed by atoms with Gasteiger partial charge in [0.1, 0.15) is 0 Å². The molecule has 0 spiro atoms. The van der Waals surface area contributed by atoms with Crippen LogP contribution in [0.3, 0.4) is 0 Å². The molecule has 1 aromatic heterocycles. The molecule has 5 aromatic carbocycles. The Morgan fingerprint density at radius 1 is 0.611 bits per heavy atom. The SMILES string of the molecule is Cc1ccc2c(-c3cnccn3)c3ccccc3c(-c3ccc4c(c3)C(C)(C)c3ccccc3-4)c2c1. The van der Waals surface area contributed by atoms with Gasteiger partial charge in [0.25, 0.3) is 0 Å². The number of nitrogens with zero attached hydrogens (tertiary/aromatic N) is 2. The molecule has 36 heavy (non-hydrogen) atoms. The van der Waals surface area contributed by atoms with E-state index in [1.807, 2.05) is 6.20 Å². The average molecular weight is 463 g/mol. The first-order chi connectivity index (χ1) is 17.5. The summed E-state index contributed by atoms with van der Waals surface area (Å²) in [7, 11) is 0. The zero-order valence-corrected chi connectivity index (χ0v) is 20.7. The molecule has 6 aromatic rings. The van der Waals surface area contributed by atoms with E-state index in [0.29, 0.717) is 0 Å². The topological polar surface area (TPSA) is 25.8 Å². The van der Waals surface area contributed by atoms with E-state index in [1.165, 1.54) is 60.5 Å². The second-order valence-corrected chi connectivity index (χ2v) is 10.4. The minimum absolute atomic E-state index is 0.0387. The van der Waals surface area contributed by atoms with Gasteiger partial charge in [-0.2, -0.15) is 0 Å². The molecule has 0 saturated carbocycles. The summed E-state index contributed by atoms with van der Waals surface area (Å²) in [5.74, 6) is 0. The molecule has 2 nitrogen and oxygen atoms in total. The number of benzene rings is 5. The molecule has 0 radical (unpaired) electrons. The molecule has 2 heteroatoms. The van der Waals surface area contributed by atoms with Crippen molar-refractivity contribution in [3.8, 4) is 33.5 Å². The van der Waals surface area contributed by atoms with Gasteiger partial charge < -0.3 is 0 Å². The van der Waals surface area contributed by atoms with Crippen LogP contribution < -0.4 is 0 Å². The number of hydrogen-bond acceptors (Lipinski definition) is 2. The summed E-state index contributed by atoms with van der Waals surface area (Å²) >= 11 is 0. The molecule has 0 fully saturated rings. The molecule has 0 amide bonds. The lowest BCUT2D eigenvalue weighted by atomic mass is 9.80. The van der Waals surface area contributed by atoms with E-state index >= 15 is 0 Å².